The number of ketones is 1. The Bertz CT molecular complexity index is 887. The molecule has 0 aliphatic carbocycles. The highest BCUT2D eigenvalue weighted by Gasteiger charge is 2.42. The van der Waals surface area contributed by atoms with Crippen molar-refractivity contribution in [3.05, 3.63) is 102 Å². The predicted molar refractivity (Wildman–Crippen MR) is 130 cm³/mol. The Morgan fingerprint density at radius 2 is 1.30 bits per heavy atom. The number of rotatable bonds is 9. The molecule has 2 unspecified atom stereocenters. The number of carbonyl (C=O) groups is 1. The van der Waals surface area contributed by atoms with E-state index in [2.05, 4.69) is 79.9 Å². The first kappa shape index (κ1) is 22.4. The van der Waals surface area contributed by atoms with Crippen LogP contribution in [0, 0.1) is 0 Å². The van der Waals surface area contributed by atoms with Crippen LogP contribution in [0.3, 0.4) is 0 Å². The molecule has 156 valence electrons. The summed E-state index contributed by atoms with van der Waals surface area (Å²) >= 11 is 0. The second kappa shape index (κ2) is 10.2. The zero-order valence-corrected chi connectivity index (χ0v) is 19.3. The highest BCUT2D eigenvalue weighted by atomic mass is 31.1. The molecule has 0 saturated carbocycles. The highest BCUT2D eigenvalue weighted by Crippen LogP contribution is 2.43. The summed E-state index contributed by atoms with van der Waals surface area (Å²) in [5.74, 6) is 0.278. The summed E-state index contributed by atoms with van der Waals surface area (Å²) in [6, 6.07) is 31.6. The molecule has 0 aromatic heterocycles. The van der Waals surface area contributed by atoms with Crippen molar-refractivity contribution in [2.24, 2.45) is 0 Å². The first-order chi connectivity index (χ1) is 14.5. The van der Waals surface area contributed by atoms with Crippen molar-refractivity contribution in [2.75, 3.05) is 13.7 Å². The van der Waals surface area contributed by atoms with Crippen LogP contribution in [0.5, 0.6) is 0 Å². The van der Waals surface area contributed by atoms with E-state index < -0.39 is 13.5 Å². The maximum Gasteiger partial charge on any atom is 0.147 e. The standard InChI is InChI=1S/C27H32NOP/c1-5-26(29)27(23-15-9-6-10-16-23,24-17-11-7-12-18-24)21-22(2)28(3)30(4)25-19-13-8-14-20-25/h6-20,22H,5,21H2,1-4H3. The molecular weight excluding hydrogens is 385 g/mol. The van der Waals surface area contributed by atoms with Gasteiger partial charge in [-0.25, -0.2) is 0 Å². The first-order valence-corrected chi connectivity index (χ1v) is 12.4. The third-order valence-electron chi connectivity index (χ3n) is 6.17. The van der Waals surface area contributed by atoms with E-state index in [0.29, 0.717) is 6.42 Å². The van der Waals surface area contributed by atoms with Crippen LogP contribution in [0.15, 0.2) is 91.0 Å². The average molecular weight is 418 g/mol. The normalized spacial score (nSPS) is 13.8. The second-order valence-electron chi connectivity index (χ2n) is 7.90. The molecule has 3 aromatic carbocycles. The molecule has 0 spiro atoms. The van der Waals surface area contributed by atoms with E-state index in [9.17, 15) is 4.79 Å². The van der Waals surface area contributed by atoms with Crippen molar-refractivity contribution < 1.29 is 4.79 Å². The van der Waals surface area contributed by atoms with Crippen molar-refractivity contribution in [2.45, 2.75) is 38.1 Å². The third kappa shape index (κ3) is 4.56. The molecule has 0 bridgehead atoms. The summed E-state index contributed by atoms with van der Waals surface area (Å²) in [5, 5.41) is 1.36. The summed E-state index contributed by atoms with van der Waals surface area (Å²) in [5.41, 5.74) is 1.53. The van der Waals surface area contributed by atoms with Crippen molar-refractivity contribution in [1.29, 1.82) is 0 Å². The SMILES string of the molecule is CCC(=O)C(CC(C)N(C)P(C)c1ccccc1)(c1ccccc1)c1ccccc1. The van der Waals surface area contributed by atoms with E-state index in [0.717, 1.165) is 17.5 Å². The second-order valence-corrected chi connectivity index (χ2v) is 10.1. The number of benzene rings is 3. The van der Waals surface area contributed by atoms with Crippen LogP contribution in [0.2, 0.25) is 0 Å². The summed E-state index contributed by atoms with van der Waals surface area (Å²) in [6.07, 6.45) is 1.27. The molecule has 0 amide bonds. The maximum absolute atomic E-state index is 13.6. The molecule has 0 aliphatic heterocycles. The number of carbonyl (C=O) groups excluding carboxylic acids is 1. The van der Waals surface area contributed by atoms with Gasteiger partial charge in [-0.3, -0.25) is 9.46 Å². The number of hydrogen-bond acceptors (Lipinski definition) is 2. The lowest BCUT2D eigenvalue weighted by Gasteiger charge is -2.40. The number of nitrogens with zero attached hydrogens (tertiary/aromatic N) is 1. The van der Waals surface area contributed by atoms with Gasteiger partial charge >= 0.3 is 0 Å². The molecule has 3 rings (SSSR count). The summed E-state index contributed by atoms with van der Waals surface area (Å²) < 4.78 is 2.45. The monoisotopic (exact) mass is 417 g/mol. The minimum Gasteiger partial charge on any atom is -0.298 e. The van der Waals surface area contributed by atoms with Gasteiger partial charge in [-0.1, -0.05) is 97.9 Å². The quantitative estimate of drug-likeness (QED) is 0.397. The molecular formula is C27H32NOP. The zero-order chi connectivity index (χ0) is 21.6. The van der Waals surface area contributed by atoms with Gasteiger partial charge in [-0.15, -0.1) is 0 Å². The van der Waals surface area contributed by atoms with Crippen LogP contribution in [0.1, 0.15) is 37.8 Å². The Kier molecular flexibility index (Phi) is 7.58. The number of Topliss-reactive ketones (excluding diaryl/α,β-unsaturated/α-hetero) is 1. The summed E-state index contributed by atoms with van der Waals surface area (Å²) in [4.78, 5) is 13.6. The molecule has 3 heteroatoms. The Hall–Kier alpha value is -2.28. The third-order valence-corrected chi connectivity index (χ3v) is 8.56. The zero-order valence-electron chi connectivity index (χ0n) is 18.5. The van der Waals surface area contributed by atoms with Crippen LogP contribution in [-0.2, 0) is 10.2 Å². The van der Waals surface area contributed by atoms with Gasteiger partial charge in [0.25, 0.3) is 0 Å². The van der Waals surface area contributed by atoms with Gasteiger partial charge in [0, 0.05) is 12.5 Å². The van der Waals surface area contributed by atoms with Crippen LogP contribution in [0.25, 0.3) is 0 Å². The van der Waals surface area contributed by atoms with Crippen LogP contribution >= 0.6 is 8.07 Å². The molecule has 30 heavy (non-hydrogen) atoms. The van der Waals surface area contributed by atoms with E-state index >= 15 is 0 Å². The Balaban J connectivity index is 2.03. The molecule has 0 radical (unpaired) electrons. The minimum atomic E-state index is -0.641. The molecule has 0 fully saturated rings. The van der Waals surface area contributed by atoms with E-state index in [1.54, 1.807) is 0 Å². The average Bonchev–Trinajstić information content (AvgIpc) is 2.82. The molecule has 2 atom stereocenters. The molecule has 0 aliphatic rings. The van der Waals surface area contributed by atoms with Gasteiger partial charge in [0.1, 0.15) is 5.78 Å². The van der Waals surface area contributed by atoms with Gasteiger partial charge in [-0.2, -0.15) is 0 Å². The lowest BCUT2D eigenvalue weighted by atomic mass is 9.67. The van der Waals surface area contributed by atoms with Crippen molar-refractivity contribution in [3.63, 3.8) is 0 Å². The minimum absolute atomic E-state index is 0.234. The first-order valence-electron chi connectivity index (χ1n) is 10.7. The lowest BCUT2D eigenvalue weighted by molar-refractivity contribution is -0.123. The van der Waals surface area contributed by atoms with Crippen LogP contribution < -0.4 is 5.30 Å². The van der Waals surface area contributed by atoms with E-state index in [1.807, 2.05) is 43.3 Å². The van der Waals surface area contributed by atoms with Crippen molar-refractivity contribution in [1.82, 2.24) is 4.67 Å². The fraction of sp³-hybridized carbons (Fsp3) is 0.296. The van der Waals surface area contributed by atoms with Gasteiger partial charge in [-0.05, 0) is 51.6 Å². The van der Waals surface area contributed by atoms with Gasteiger partial charge in [0.15, 0.2) is 0 Å². The molecule has 3 aromatic rings. The smallest absolute Gasteiger partial charge is 0.147 e. The summed E-state index contributed by atoms with van der Waals surface area (Å²) in [6.45, 7) is 6.54. The Morgan fingerprint density at radius 1 is 0.867 bits per heavy atom. The maximum atomic E-state index is 13.6. The topological polar surface area (TPSA) is 20.3 Å². The number of hydrogen-bond donors (Lipinski definition) is 0. The van der Waals surface area contributed by atoms with Gasteiger partial charge in [0.05, 0.1) is 5.41 Å². The molecule has 0 N–H and O–H groups in total. The van der Waals surface area contributed by atoms with Crippen LogP contribution in [0.4, 0.5) is 0 Å². The van der Waals surface area contributed by atoms with Crippen molar-refractivity contribution in [3.8, 4) is 0 Å². The van der Waals surface area contributed by atoms with E-state index in [-0.39, 0.29) is 11.8 Å². The Labute approximate surface area is 182 Å². The largest absolute Gasteiger partial charge is 0.298 e. The fourth-order valence-electron chi connectivity index (χ4n) is 4.28. The van der Waals surface area contributed by atoms with Crippen molar-refractivity contribution >= 4 is 19.2 Å². The lowest BCUT2D eigenvalue weighted by Crippen LogP contribution is -2.43. The summed E-state index contributed by atoms with van der Waals surface area (Å²) in [7, 11) is 1.73. The highest BCUT2D eigenvalue weighted by molar-refractivity contribution is 7.62. The molecule has 2 nitrogen and oxygen atoms in total. The van der Waals surface area contributed by atoms with Crippen LogP contribution in [-0.4, -0.2) is 30.2 Å². The predicted octanol–water partition coefficient (Wildman–Crippen LogP) is 6.01. The van der Waals surface area contributed by atoms with Gasteiger partial charge < -0.3 is 0 Å². The van der Waals surface area contributed by atoms with E-state index in [1.165, 1.54) is 5.30 Å². The molecule has 0 heterocycles. The molecule has 0 saturated heterocycles. The Morgan fingerprint density at radius 3 is 1.73 bits per heavy atom. The van der Waals surface area contributed by atoms with Gasteiger partial charge in [0.2, 0.25) is 0 Å². The van der Waals surface area contributed by atoms with E-state index in [4.69, 9.17) is 0 Å². The fourth-order valence-corrected chi connectivity index (χ4v) is 5.92.